The van der Waals surface area contributed by atoms with E-state index in [0.717, 1.165) is 86.6 Å². The minimum absolute atomic E-state index is 0.0167. The van der Waals surface area contributed by atoms with Gasteiger partial charge in [0.25, 0.3) is 0 Å². The quantitative estimate of drug-likeness (QED) is 0.245. The number of ketones is 1. The van der Waals surface area contributed by atoms with E-state index in [1.54, 1.807) is 0 Å². The lowest BCUT2D eigenvalue weighted by molar-refractivity contribution is -0.235. The summed E-state index contributed by atoms with van der Waals surface area (Å²) in [5, 5.41) is 6.87. The number of rotatable bonds is 9. The van der Waals surface area contributed by atoms with Crippen LogP contribution in [0.2, 0.25) is 0 Å². The minimum Gasteiger partial charge on any atom is -0.462 e. The molecule has 0 saturated heterocycles. The van der Waals surface area contributed by atoms with Crippen molar-refractivity contribution in [3.63, 3.8) is 0 Å². The molecule has 0 bridgehead atoms. The van der Waals surface area contributed by atoms with Gasteiger partial charge in [-0.3, -0.25) is 14.6 Å². The number of amides is 2. The molecule has 10 atom stereocenters. The van der Waals surface area contributed by atoms with Crippen molar-refractivity contribution >= 4 is 29.1 Å². The highest BCUT2D eigenvalue weighted by Gasteiger charge is 2.70. The Labute approximate surface area is 384 Å². The molecule has 7 nitrogen and oxygen atoms in total. The number of nitrogens with zero attached hydrogens (tertiary/aromatic N) is 1. The maximum atomic E-state index is 14.4. The third-order valence-corrected chi connectivity index (χ3v) is 20.1. The van der Waals surface area contributed by atoms with E-state index >= 15 is 0 Å². The second-order valence-electron chi connectivity index (χ2n) is 24.5. The maximum Gasteiger partial charge on any atom is 0.316 e. The number of Topliss-reactive ketones (excluding diaryl/α,β-unsaturated/α-hetero) is 1. The van der Waals surface area contributed by atoms with E-state index in [1.807, 2.05) is 38.2 Å². The summed E-state index contributed by atoms with van der Waals surface area (Å²) in [6, 6.07) is 20.8. The van der Waals surface area contributed by atoms with Gasteiger partial charge in [0.1, 0.15) is 6.10 Å². The van der Waals surface area contributed by atoms with Crippen molar-refractivity contribution in [2.75, 3.05) is 0 Å². The van der Waals surface area contributed by atoms with Crippen LogP contribution in [0, 0.1) is 62.6 Å². The van der Waals surface area contributed by atoms with E-state index in [2.05, 4.69) is 115 Å². The van der Waals surface area contributed by atoms with Crippen LogP contribution in [0.3, 0.4) is 0 Å². The Morgan fingerprint density at radius 2 is 1.50 bits per heavy atom. The summed E-state index contributed by atoms with van der Waals surface area (Å²) in [5.41, 5.74) is 5.36. The molecule has 0 aromatic heterocycles. The van der Waals surface area contributed by atoms with Gasteiger partial charge in [0.05, 0.1) is 17.0 Å². The van der Waals surface area contributed by atoms with Crippen molar-refractivity contribution < 1.29 is 19.1 Å². The highest BCUT2D eigenvalue weighted by molar-refractivity contribution is 6.06. The number of hydrogen-bond donors (Lipinski definition) is 2. The number of carbonyl (C=O) groups is 3. The monoisotopic (exact) mass is 868 g/mol. The molecule has 0 unspecified atom stereocenters. The molecule has 1 heterocycles. The number of benzene rings is 2. The largest absolute Gasteiger partial charge is 0.462 e. The SMILES string of the molecule is CC(C)C1=C2[C@H]3CC[C@@H]4[C@@]5(C)CC[C@H](OC(=O)[C@H]6C[C@@H](Cc7ccccc7)C6(C)C)C(C)(C)[C@@H]5CC[C@@]4(C)[C@]3(C)CC[C@@]2(NC(=O)NC(C)(C)C2=NC=C(c3ccccc3)C2)CC1=O. The zero-order valence-corrected chi connectivity index (χ0v) is 41.0. The molecule has 7 heteroatoms. The van der Waals surface area contributed by atoms with Gasteiger partial charge in [-0.2, -0.15) is 0 Å². The van der Waals surface area contributed by atoms with Crippen molar-refractivity contribution in [2.24, 2.45) is 67.6 Å². The molecule has 6 aliphatic carbocycles. The van der Waals surface area contributed by atoms with E-state index in [1.165, 1.54) is 11.1 Å². The Kier molecular flexibility index (Phi) is 11.0. The van der Waals surface area contributed by atoms with Gasteiger partial charge in [0, 0.05) is 30.2 Å². The molecule has 0 radical (unpaired) electrons. The summed E-state index contributed by atoms with van der Waals surface area (Å²) >= 11 is 0. The molecule has 1 aliphatic heterocycles. The summed E-state index contributed by atoms with van der Waals surface area (Å²) in [7, 11) is 0. The normalized spacial score (nSPS) is 37.3. The molecular formula is C57H77N3O4. The van der Waals surface area contributed by atoms with Crippen molar-refractivity contribution in [3.05, 3.63) is 89.1 Å². The third kappa shape index (κ3) is 6.92. The van der Waals surface area contributed by atoms with E-state index in [9.17, 15) is 14.4 Å². The van der Waals surface area contributed by atoms with Gasteiger partial charge in [-0.15, -0.1) is 0 Å². The summed E-state index contributed by atoms with van der Waals surface area (Å²) < 4.78 is 6.70. The van der Waals surface area contributed by atoms with Crippen LogP contribution in [0.15, 0.2) is 83.0 Å². The molecule has 64 heavy (non-hydrogen) atoms. The van der Waals surface area contributed by atoms with Crippen molar-refractivity contribution in [2.45, 2.75) is 170 Å². The first-order valence-corrected chi connectivity index (χ1v) is 25.0. The van der Waals surface area contributed by atoms with Crippen LogP contribution in [0.5, 0.6) is 0 Å². The van der Waals surface area contributed by atoms with Crippen LogP contribution < -0.4 is 10.6 Å². The van der Waals surface area contributed by atoms with Gasteiger partial charge in [-0.1, -0.05) is 123 Å². The lowest BCUT2D eigenvalue weighted by Crippen LogP contribution is -2.68. The Morgan fingerprint density at radius 3 is 2.17 bits per heavy atom. The maximum absolute atomic E-state index is 14.4. The molecule has 2 N–H and O–H groups in total. The number of carbonyl (C=O) groups excluding carboxylic acids is 3. The summed E-state index contributed by atoms with van der Waals surface area (Å²) in [4.78, 5) is 47.5. The fraction of sp³-hybridized carbons (Fsp3) is 0.649. The van der Waals surface area contributed by atoms with E-state index in [4.69, 9.17) is 9.73 Å². The van der Waals surface area contributed by atoms with E-state index in [0.29, 0.717) is 30.6 Å². The highest BCUT2D eigenvalue weighted by Crippen LogP contribution is 2.76. The molecule has 344 valence electrons. The number of nitrogens with one attached hydrogen (secondary N) is 2. The van der Waals surface area contributed by atoms with Gasteiger partial charge < -0.3 is 15.4 Å². The van der Waals surface area contributed by atoms with Crippen molar-refractivity contribution in [1.29, 1.82) is 0 Å². The molecule has 2 aromatic rings. The Morgan fingerprint density at radius 1 is 0.812 bits per heavy atom. The lowest BCUT2D eigenvalue weighted by Gasteiger charge is -2.72. The number of urea groups is 1. The summed E-state index contributed by atoms with van der Waals surface area (Å²) in [6.07, 6.45) is 12.9. The van der Waals surface area contributed by atoms with Crippen LogP contribution in [0.25, 0.3) is 5.57 Å². The number of esters is 1. The van der Waals surface area contributed by atoms with Gasteiger partial charge in [0.2, 0.25) is 0 Å². The van der Waals surface area contributed by atoms with Crippen LogP contribution in [-0.4, -0.2) is 40.7 Å². The first-order chi connectivity index (χ1) is 30.1. The topological polar surface area (TPSA) is 96.9 Å². The minimum atomic E-state index is -0.684. The average Bonchev–Trinajstić information content (AvgIpc) is 3.85. The van der Waals surface area contributed by atoms with Crippen LogP contribution in [-0.2, 0) is 20.7 Å². The molecule has 7 aliphatic rings. The average molecular weight is 868 g/mol. The smallest absolute Gasteiger partial charge is 0.316 e. The molecule has 5 fully saturated rings. The molecule has 5 saturated carbocycles. The summed E-state index contributed by atoms with van der Waals surface area (Å²) in [6.45, 7) is 25.5. The fourth-order valence-corrected chi connectivity index (χ4v) is 16.1. The highest BCUT2D eigenvalue weighted by atomic mass is 16.5. The fourth-order valence-electron chi connectivity index (χ4n) is 16.1. The molecule has 9 rings (SSSR count). The van der Waals surface area contributed by atoms with Gasteiger partial charge in [0.15, 0.2) is 5.78 Å². The number of aliphatic imine (C=N–C) groups is 1. The Hall–Kier alpha value is -4.00. The zero-order chi connectivity index (χ0) is 45.8. The van der Waals surface area contributed by atoms with E-state index in [-0.39, 0.29) is 68.7 Å². The predicted octanol–water partition coefficient (Wildman–Crippen LogP) is 12.5. The molecule has 0 spiro atoms. The third-order valence-electron chi connectivity index (χ3n) is 20.1. The predicted molar refractivity (Wildman–Crippen MR) is 257 cm³/mol. The van der Waals surface area contributed by atoms with Gasteiger partial charge in [-0.05, 0) is 157 Å². The second kappa shape index (κ2) is 15.5. The number of allylic oxidation sites excluding steroid dienone is 2. The molecule has 2 aromatic carbocycles. The van der Waals surface area contributed by atoms with Crippen molar-refractivity contribution in [3.8, 4) is 0 Å². The first-order valence-electron chi connectivity index (χ1n) is 25.0. The van der Waals surface area contributed by atoms with Gasteiger partial charge in [-0.25, -0.2) is 4.79 Å². The Bertz CT molecular complexity index is 2290. The zero-order valence-electron chi connectivity index (χ0n) is 41.0. The lowest BCUT2D eigenvalue weighted by atomic mass is 9.33. The number of ether oxygens (including phenoxy) is 1. The standard InChI is InChI=1S/C57H77N3O4/c1-35(2)47-42(61)33-57(60-50(63)59-53(7,8)45-31-38(34-58-45)37-20-16-13-17-21-37)29-28-55(10)40(48(47)57)22-23-44-54(9)26-25-46(52(5,6)43(54)24-27-56(44,55)11)64-49(62)41-32-39(51(41,3)4)30-36-18-14-12-15-19-36/h12-21,34-35,39-41,43-44,46H,22-33H2,1-11H3,(H2,59,60,63)/t39-,40-,41-,43+,44-,46+,54+,55-,56-,57-/m1/s1. The Balaban J connectivity index is 0.910. The number of fused-ring (bicyclic) bond motifs is 7. The summed E-state index contributed by atoms with van der Waals surface area (Å²) in [5.74, 6) is 1.92. The van der Waals surface area contributed by atoms with Gasteiger partial charge >= 0.3 is 12.0 Å². The van der Waals surface area contributed by atoms with Crippen LogP contribution in [0.4, 0.5) is 4.79 Å². The molecule has 2 amide bonds. The van der Waals surface area contributed by atoms with Crippen LogP contribution in [0.1, 0.15) is 158 Å². The second-order valence-corrected chi connectivity index (χ2v) is 24.5. The molecular weight excluding hydrogens is 791 g/mol. The van der Waals surface area contributed by atoms with Crippen molar-refractivity contribution in [1.82, 2.24) is 10.6 Å². The number of hydrogen-bond acceptors (Lipinski definition) is 5. The van der Waals surface area contributed by atoms with Crippen LogP contribution >= 0.6 is 0 Å². The van der Waals surface area contributed by atoms with E-state index < -0.39 is 11.1 Å². The first kappa shape index (κ1) is 45.2.